The number of benzene rings is 2. The zero-order valence-electron chi connectivity index (χ0n) is 12.3. The van der Waals surface area contributed by atoms with Crippen molar-refractivity contribution >= 4 is 27.3 Å². The summed E-state index contributed by atoms with van der Waals surface area (Å²) in [6, 6.07) is 10.5. The molecule has 112 valence electrons. The number of hydrogen-bond donors (Lipinski definition) is 3. The van der Waals surface area contributed by atoms with Crippen LogP contribution >= 0.6 is 15.9 Å². The van der Waals surface area contributed by atoms with Gasteiger partial charge in [-0.1, -0.05) is 22.0 Å². The van der Waals surface area contributed by atoms with Crippen molar-refractivity contribution in [2.45, 2.75) is 13.0 Å². The Kier molecular flexibility index (Phi) is 4.63. The molecule has 4 nitrogen and oxygen atoms in total. The first-order chi connectivity index (χ1) is 9.90. The molecule has 3 N–H and O–H groups in total. The predicted octanol–water partition coefficient (Wildman–Crippen LogP) is 4.10. The standard InChI is InChI=1S/C16H19BrN2O2/c1-10(16-14(20)5-4-6-15(16)21)18-12-9-11(17)7-8-13(12)19(2)3/h4-10,18,20-21H,1-3H3. The first-order valence-electron chi connectivity index (χ1n) is 6.64. The molecule has 1 atom stereocenters. The van der Waals surface area contributed by atoms with Crippen LogP contribution in [0.15, 0.2) is 40.9 Å². The van der Waals surface area contributed by atoms with Crippen molar-refractivity contribution in [1.29, 1.82) is 0 Å². The first-order valence-corrected chi connectivity index (χ1v) is 7.43. The largest absolute Gasteiger partial charge is 0.507 e. The molecule has 21 heavy (non-hydrogen) atoms. The van der Waals surface area contributed by atoms with Crippen LogP contribution in [0.1, 0.15) is 18.5 Å². The minimum Gasteiger partial charge on any atom is -0.507 e. The zero-order chi connectivity index (χ0) is 15.6. The van der Waals surface area contributed by atoms with Gasteiger partial charge in [0.1, 0.15) is 11.5 Å². The highest BCUT2D eigenvalue weighted by Crippen LogP contribution is 2.36. The molecule has 2 rings (SSSR count). The van der Waals surface area contributed by atoms with E-state index in [-0.39, 0.29) is 17.5 Å². The van der Waals surface area contributed by atoms with Gasteiger partial charge >= 0.3 is 0 Å². The van der Waals surface area contributed by atoms with Crippen LogP contribution in [0, 0.1) is 0 Å². The first kappa shape index (κ1) is 15.5. The lowest BCUT2D eigenvalue weighted by atomic mass is 10.1. The lowest BCUT2D eigenvalue weighted by molar-refractivity contribution is 0.434. The van der Waals surface area contributed by atoms with Crippen molar-refractivity contribution in [3.05, 3.63) is 46.4 Å². The molecule has 1 unspecified atom stereocenters. The summed E-state index contributed by atoms with van der Waals surface area (Å²) in [5.74, 6) is 0.160. The molecule has 0 fully saturated rings. The van der Waals surface area contributed by atoms with E-state index in [0.717, 1.165) is 15.8 Å². The van der Waals surface area contributed by atoms with Crippen LogP contribution in [0.2, 0.25) is 0 Å². The number of nitrogens with one attached hydrogen (secondary N) is 1. The molecular formula is C16H19BrN2O2. The third-order valence-corrected chi connectivity index (χ3v) is 3.80. The molecule has 2 aromatic rings. The lowest BCUT2D eigenvalue weighted by Gasteiger charge is -2.23. The highest BCUT2D eigenvalue weighted by molar-refractivity contribution is 9.10. The van der Waals surface area contributed by atoms with E-state index >= 15 is 0 Å². The minimum absolute atomic E-state index is 0.0800. The average molecular weight is 351 g/mol. The maximum Gasteiger partial charge on any atom is 0.124 e. The summed E-state index contributed by atoms with van der Waals surface area (Å²) < 4.78 is 0.962. The normalized spacial score (nSPS) is 12.0. The monoisotopic (exact) mass is 350 g/mol. The predicted molar refractivity (Wildman–Crippen MR) is 90.3 cm³/mol. The third kappa shape index (κ3) is 3.42. The summed E-state index contributed by atoms with van der Waals surface area (Å²) in [6.45, 7) is 1.90. The molecule has 0 aliphatic heterocycles. The highest BCUT2D eigenvalue weighted by Gasteiger charge is 2.16. The van der Waals surface area contributed by atoms with E-state index < -0.39 is 0 Å². The summed E-state index contributed by atoms with van der Waals surface area (Å²) in [7, 11) is 3.94. The van der Waals surface area contributed by atoms with Crippen LogP contribution in [0.25, 0.3) is 0 Å². The Hall–Kier alpha value is -1.88. The maximum absolute atomic E-state index is 9.95. The van der Waals surface area contributed by atoms with Gasteiger partial charge in [-0.3, -0.25) is 0 Å². The molecule has 0 aliphatic carbocycles. The summed E-state index contributed by atoms with van der Waals surface area (Å²) >= 11 is 3.46. The van der Waals surface area contributed by atoms with Gasteiger partial charge < -0.3 is 20.4 Å². The number of nitrogens with zero attached hydrogens (tertiary/aromatic N) is 1. The quantitative estimate of drug-likeness (QED) is 0.776. The Bertz CT molecular complexity index is 624. The highest BCUT2D eigenvalue weighted by atomic mass is 79.9. The van der Waals surface area contributed by atoms with E-state index in [1.54, 1.807) is 18.2 Å². The SMILES string of the molecule is CC(Nc1cc(Br)ccc1N(C)C)c1c(O)cccc1O. The van der Waals surface area contributed by atoms with E-state index in [9.17, 15) is 10.2 Å². The fraction of sp³-hybridized carbons (Fsp3) is 0.250. The van der Waals surface area contributed by atoms with E-state index in [1.807, 2.05) is 44.1 Å². The Labute approximate surface area is 133 Å². The number of hydrogen-bond acceptors (Lipinski definition) is 4. The van der Waals surface area contributed by atoms with E-state index in [4.69, 9.17) is 0 Å². The molecule has 0 amide bonds. The molecule has 0 aromatic heterocycles. The van der Waals surface area contributed by atoms with Crippen molar-refractivity contribution in [2.75, 3.05) is 24.3 Å². The molecule has 2 aromatic carbocycles. The number of aromatic hydroxyl groups is 2. The van der Waals surface area contributed by atoms with Crippen molar-refractivity contribution in [1.82, 2.24) is 0 Å². The van der Waals surface area contributed by atoms with Gasteiger partial charge in [0, 0.05) is 18.6 Å². The van der Waals surface area contributed by atoms with Gasteiger partial charge in [0.05, 0.1) is 23.0 Å². The van der Waals surface area contributed by atoms with E-state index in [1.165, 1.54) is 0 Å². The van der Waals surface area contributed by atoms with Gasteiger partial charge in [0.2, 0.25) is 0 Å². The second-order valence-electron chi connectivity index (χ2n) is 5.13. The van der Waals surface area contributed by atoms with E-state index in [0.29, 0.717) is 5.56 Å². The Morgan fingerprint density at radius 3 is 2.29 bits per heavy atom. The Morgan fingerprint density at radius 1 is 1.10 bits per heavy atom. The molecule has 5 heteroatoms. The molecule has 0 bridgehead atoms. The number of phenolic OH excluding ortho intramolecular Hbond substituents is 2. The number of anilines is 2. The van der Waals surface area contributed by atoms with Crippen LogP contribution in [-0.4, -0.2) is 24.3 Å². The minimum atomic E-state index is -0.237. The number of phenols is 2. The van der Waals surface area contributed by atoms with Crippen LogP contribution < -0.4 is 10.2 Å². The fourth-order valence-electron chi connectivity index (χ4n) is 2.30. The molecule has 0 heterocycles. The van der Waals surface area contributed by atoms with Crippen LogP contribution in [0.3, 0.4) is 0 Å². The lowest BCUT2D eigenvalue weighted by Crippen LogP contribution is -2.14. The van der Waals surface area contributed by atoms with Crippen LogP contribution in [0.5, 0.6) is 11.5 Å². The maximum atomic E-state index is 9.95. The van der Waals surface area contributed by atoms with Crippen LogP contribution in [-0.2, 0) is 0 Å². The molecular weight excluding hydrogens is 332 g/mol. The van der Waals surface area contributed by atoms with Gasteiger partial charge in [0.25, 0.3) is 0 Å². The Balaban J connectivity index is 2.36. The third-order valence-electron chi connectivity index (χ3n) is 3.31. The second-order valence-corrected chi connectivity index (χ2v) is 6.05. The molecule has 0 aliphatic rings. The zero-order valence-corrected chi connectivity index (χ0v) is 13.8. The smallest absolute Gasteiger partial charge is 0.124 e. The molecule has 0 radical (unpaired) electrons. The van der Waals surface area contributed by atoms with Crippen molar-refractivity contribution in [3.8, 4) is 11.5 Å². The average Bonchev–Trinajstić information content (AvgIpc) is 2.38. The molecule has 0 spiro atoms. The number of rotatable bonds is 4. The second kappa shape index (κ2) is 6.26. The summed E-state index contributed by atoms with van der Waals surface area (Å²) in [6.07, 6.45) is 0. The van der Waals surface area contributed by atoms with E-state index in [2.05, 4.69) is 21.2 Å². The van der Waals surface area contributed by atoms with Crippen molar-refractivity contribution in [2.24, 2.45) is 0 Å². The van der Waals surface area contributed by atoms with Gasteiger partial charge in [-0.15, -0.1) is 0 Å². The van der Waals surface area contributed by atoms with Crippen molar-refractivity contribution < 1.29 is 10.2 Å². The van der Waals surface area contributed by atoms with Gasteiger partial charge in [-0.05, 0) is 37.3 Å². The van der Waals surface area contributed by atoms with Crippen LogP contribution in [0.4, 0.5) is 11.4 Å². The summed E-state index contributed by atoms with van der Waals surface area (Å²) in [5.41, 5.74) is 2.44. The van der Waals surface area contributed by atoms with Gasteiger partial charge in [-0.2, -0.15) is 0 Å². The van der Waals surface area contributed by atoms with Crippen molar-refractivity contribution in [3.63, 3.8) is 0 Å². The molecule has 0 saturated heterocycles. The fourth-order valence-corrected chi connectivity index (χ4v) is 2.67. The number of halogens is 1. The Morgan fingerprint density at radius 2 is 1.71 bits per heavy atom. The molecule has 0 saturated carbocycles. The van der Waals surface area contributed by atoms with Gasteiger partial charge in [0.15, 0.2) is 0 Å². The summed E-state index contributed by atoms with van der Waals surface area (Å²) in [5, 5.41) is 23.2. The summed E-state index contributed by atoms with van der Waals surface area (Å²) in [4.78, 5) is 2.01. The topological polar surface area (TPSA) is 55.7 Å². The van der Waals surface area contributed by atoms with Gasteiger partial charge in [-0.25, -0.2) is 0 Å².